The zero-order chi connectivity index (χ0) is 23.4. The summed E-state index contributed by atoms with van der Waals surface area (Å²) in [6.07, 6.45) is 4.56. The fourth-order valence-electron chi connectivity index (χ4n) is 4.23. The van der Waals surface area contributed by atoms with Gasteiger partial charge in [0.25, 0.3) is 5.56 Å². The zero-order valence-corrected chi connectivity index (χ0v) is 19.7. The molecule has 0 aliphatic carbocycles. The van der Waals surface area contributed by atoms with E-state index in [1.165, 1.54) is 33.3 Å². The summed E-state index contributed by atoms with van der Waals surface area (Å²) in [7, 11) is -3.67. The van der Waals surface area contributed by atoms with Gasteiger partial charge in [-0.15, -0.1) is 0 Å². The van der Waals surface area contributed by atoms with Crippen LogP contribution >= 0.6 is 11.6 Å². The molecule has 3 heterocycles. The van der Waals surface area contributed by atoms with Crippen molar-refractivity contribution in [3.63, 3.8) is 0 Å². The maximum atomic E-state index is 12.9. The molecular weight excluding hydrogens is 466 g/mol. The molecule has 1 N–H and O–H groups in total. The van der Waals surface area contributed by atoms with E-state index in [1.807, 2.05) is 6.07 Å². The Morgan fingerprint density at radius 3 is 2.58 bits per heavy atom. The van der Waals surface area contributed by atoms with Crippen LogP contribution in [-0.4, -0.2) is 55.4 Å². The molecule has 0 saturated carbocycles. The number of ether oxygens (including phenoxy) is 1. The highest BCUT2D eigenvalue weighted by molar-refractivity contribution is 7.89. The van der Waals surface area contributed by atoms with Crippen molar-refractivity contribution in [1.82, 2.24) is 14.1 Å². The normalized spacial score (nSPS) is 20.3. The fourth-order valence-corrected chi connectivity index (χ4v) is 5.90. The van der Waals surface area contributed by atoms with Crippen LogP contribution in [0.3, 0.4) is 0 Å². The lowest BCUT2D eigenvalue weighted by atomic mass is 10.0. The van der Waals surface area contributed by atoms with Crippen LogP contribution in [0, 0.1) is 17.2 Å². The predicted molar refractivity (Wildman–Crippen MR) is 124 cm³/mol. The maximum absolute atomic E-state index is 12.9. The molecule has 4 rings (SSSR count). The second-order valence-corrected chi connectivity index (χ2v) is 10.7. The lowest BCUT2D eigenvalue weighted by molar-refractivity contribution is 0.0595. The summed E-state index contributed by atoms with van der Waals surface area (Å²) in [5.41, 5.74) is 0.527. The summed E-state index contributed by atoms with van der Waals surface area (Å²) in [6, 6.07) is 7.60. The lowest BCUT2D eigenvalue weighted by Crippen LogP contribution is -2.41. The number of benzene rings is 1. The van der Waals surface area contributed by atoms with Crippen LogP contribution in [0.25, 0.3) is 0 Å². The number of nitriles is 1. The quantitative estimate of drug-likeness (QED) is 0.659. The fraction of sp³-hybridized carbons (Fsp3) is 0.500. The van der Waals surface area contributed by atoms with E-state index in [1.54, 1.807) is 6.20 Å². The van der Waals surface area contributed by atoms with Crippen LogP contribution in [0.1, 0.15) is 37.3 Å². The zero-order valence-electron chi connectivity index (χ0n) is 18.1. The van der Waals surface area contributed by atoms with Gasteiger partial charge in [0.2, 0.25) is 10.0 Å². The van der Waals surface area contributed by atoms with Crippen molar-refractivity contribution < 1.29 is 13.2 Å². The minimum atomic E-state index is -3.67. The molecule has 0 radical (unpaired) electrons. The van der Waals surface area contributed by atoms with Gasteiger partial charge in [0.15, 0.2) is 0 Å². The van der Waals surface area contributed by atoms with Gasteiger partial charge in [0.05, 0.1) is 41.1 Å². The lowest BCUT2D eigenvalue weighted by Gasteiger charge is -2.31. The summed E-state index contributed by atoms with van der Waals surface area (Å²) in [5, 5.41) is 16.5. The first-order valence-corrected chi connectivity index (χ1v) is 12.8. The number of nitrogens with one attached hydrogen (secondary N) is 1. The SMILES string of the molecule is N#Cc1ccc(S(=O)(=O)N2CCC(n3ncc(NC[C@H]4CCCOC4)c(Cl)c3=O)CC2)cc1. The Hall–Kier alpha value is -2.45. The van der Waals surface area contributed by atoms with Gasteiger partial charge >= 0.3 is 0 Å². The molecule has 0 bridgehead atoms. The maximum Gasteiger partial charge on any atom is 0.287 e. The second kappa shape index (κ2) is 10.2. The molecule has 2 aromatic rings. The van der Waals surface area contributed by atoms with Gasteiger partial charge in [-0.05, 0) is 55.9 Å². The summed E-state index contributed by atoms with van der Waals surface area (Å²) >= 11 is 6.35. The number of piperidine rings is 1. The summed E-state index contributed by atoms with van der Waals surface area (Å²) in [6.45, 7) is 2.68. The Balaban J connectivity index is 1.40. The van der Waals surface area contributed by atoms with Crippen LogP contribution in [-0.2, 0) is 14.8 Å². The topological polar surface area (TPSA) is 117 Å². The molecular formula is C22H26ClN5O4S. The van der Waals surface area contributed by atoms with Crippen molar-refractivity contribution >= 4 is 27.3 Å². The first-order chi connectivity index (χ1) is 15.9. The highest BCUT2D eigenvalue weighted by Crippen LogP contribution is 2.27. The average Bonchev–Trinajstić information content (AvgIpc) is 2.86. The van der Waals surface area contributed by atoms with Crippen molar-refractivity contribution in [3.8, 4) is 6.07 Å². The van der Waals surface area contributed by atoms with Gasteiger partial charge in [-0.2, -0.15) is 14.7 Å². The molecule has 0 amide bonds. The third-order valence-corrected chi connectivity index (χ3v) is 8.45. The van der Waals surface area contributed by atoms with Crippen molar-refractivity contribution in [2.45, 2.75) is 36.6 Å². The first kappa shape index (κ1) is 23.7. The molecule has 2 aliphatic heterocycles. The molecule has 11 heteroatoms. The van der Waals surface area contributed by atoms with Crippen LogP contribution < -0.4 is 10.9 Å². The Morgan fingerprint density at radius 2 is 1.94 bits per heavy atom. The summed E-state index contributed by atoms with van der Waals surface area (Å²) in [4.78, 5) is 13.0. The van der Waals surface area contributed by atoms with E-state index >= 15 is 0 Å². The van der Waals surface area contributed by atoms with Crippen LogP contribution in [0.4, 0.5) is 5.69 Å². The molecule has 0 unspecified atom stereocenters. The molecule has 33 heavy (non-hydrogen) atoms. The Bertz CT molecular complexity index is 1180. The van der Waals surface area contributed by atoms with Gasteiger partial charge in [0, 0.05) is 26.2 Å². The van der Waals surface area contributed by atoms with Crippen molar-refractivity contribution in [1.29, 1.82) is 5.26 Å². The van der Waals surface area contributed by atoms with Gasteiger partial charge in [-0.25, -0.2) is 13.1 Å². The van der Waals surface area contributed by atoms with E-state index in [9.17, 15) is 13.2 Å². The molecule has 2 saturated heterocycles. The van der Waals surface area contributed by atoms with E-state index in [2.05, 4.69) is 10.4 Å². The largest absolute Gasteiger partial charge is 0.382 e. The molecule has 2 fully saturated rings. The molecule has 2 aliphatic rings. The van der Waals surface area contributed by atoms with E-state index in [0.29, 0.717) is 43.2 Å². The Kier molecular flexibility index (Phi) is 7.34. The number of halogens is 1. The highest BCUT2D eigenvalue weighted by atomic mass is 35.5. The number of hydrogen-bond donors (Lipinski definition) is 1. The van der Waals surface area contributed by atoms with Crippen molar-refractivity contribution in [2.75, 3.05) is 38.2 Å². The monoisotopic (exact) mass is 491 g/mol. The number of aromatic nitrogens is 2. The van der Waals surface area contributed by atoms with Crippen molar-refractivity contribution in [3.05, 3.63) is 51.4 Å². The molecule has 1 atom stereocenters. The molecule has 9 nitrogen and oxygen atoms in total. The minimum absolute atomic E-state index is 0.0920. The van der Waals surface area contributed by atoms with E-state index < -0.39 is 10.0 Å². The number of hydrogen-bond acceptors (Lipinski definition) is 7. The smallest absolute Gasteiger partial charge is 0.287 e. The minimum Gasteiger partial charge on any atom is -0.382 e. The Labute approximate surface area is 198 Å². The van der Waals surface area contributed by atoms with E-state index in [4.69, 9.17) is 21.6 Å². The molecule has 0 spiro atoms. The third-order valence-electron chi connectivity index (χ3n) is 6.17. The number of rotatable bonds is 6. The number of sulfonamides is 1. The van der Waals surface area contributed by atoms with Gasteiger partial charge in [-0.1, -0.05) is 11.6 Å². The van der Waals surface area contributed by atoms with Gasteiger partial charge in [-0.3, -0.25) is 4.79 Å². The van der Waals surface area contributed by atoms with E-state index in [-0.39, 0.29) is 34.6 Å². The number of nitrogens with zero attached hydrogens (tertiary/aromatic N) is 4. The highest BCUT2D eigenvalue weighted by Gasteiger charge is 2.31. The Morgan fingerprint density at radius 1 is 1.21 bits per heavy atom. The predicted octanol–water partition coefficient (Wildman–Crippen LogP) is 2.63. The van der Waals surface area contributed by atoms with Gasteiger partial charge < -0.3 is 10.1 Å². The molecule has 1 aromatic carbocycles. The van der Waals surface area contributed by atoms with Crippen LogP contribution in [0.15, 0.2) is 40.2 Å². The van der Waals surface area contributed by atoms with Crippen LogP contribution in [0.5, 0.6) is 0 Å². The van der Waals surface area contributed by atoms with E-state index in [0.717, 1.165) is 19.4 Å². The standard InChI is InChI=1S/C22H26ClN5O4S/c23-21-20(25-13-17-2-1-11-32-15-17)14-26-28(22(21)29)18-7-9-27(10-8-18)33(30,31)19-5-3-16(12-24)4-6-19/h3-6,14,17-18,25H,1-2,7-11,13,15H2/t17-/m1/s1. The van der Waals surface area contributed by atoms with Gasteiger partial charge in [0.1, 0.15) is 5.02 Å². The number of anilines is 1. The first-order valence-electron chi connectivity index (χ1n) is 11.0. The molecule has 176 valence electrons. The summed E-state index contributed by atoms with van der Waals surface area (Å²) in [5.74, 6) is 0.375. The molecule has 1 aromatic heterocycles. The van der Waals surface area contributed by atoms with Crippen LogP contribution in [0.2, 0.25) is 5.02 Å². The summed E-state index contributed by atoms with van der Waals surface area (Å²) < 4.78 is 34.1. The average molecular weight is 492 g/mol. The third kappa shape index (κ3) is 5.22. The second-order valence-electron chi connectivity index (χ2n) is 8.36. The van der Waals surface area contributed by atoms with Crippen molar-refractivity contribution in [2.24, 2.45) is 5.92 Å².